The molecule has 0 aliphatic rings. The van der Waals surface area contributed by atoms with Crippen molar-refractivity contribution in [3.8, 4) is 28.5 Å². The van der Waals surface area contributed by atoms with Crippen LogP contribution in [0.15, 0.2) is 53.6 Å². The number of nitrogens with zero attached hydrogens (tertiary/aromatic N) is 10. The molecule has 12 nitrogen and oxygen atoms in total. The maximum Gasteiger partial charge on any atom is 0.335 e. The van der Waals surface area contributed by atoms with Gasteiger partial charge in [-0.25, -0.2) is 19.1 Å². The van der Waals surface area contributed by atoms with Gasteiger partial charge in [-0.2, -0.15) is 0 Å². The van der Waals surface area contributed by atoms with Crippen molar-refractivity contribution in [3.05, 3.63) is 70.7 Å². The van der Waals surface area contributed by atoms with Gasteiger partial charge < -0.3 is 0 Å². The number of tetrazole rings is 2. The zero-order valence-corrected chi connectivity index (χ0v) is 20.2. The van der Waals surface area contributed by atoms with Crippen LogP contribution in [-0.2, 0) is 19.5 Å². The summed E-state index contributed by atoms with van der Waals surface area (Å²) < 4.78 is 4.97. The number of aromatic nitrogens is 11. The number of nitrogens with one attached hydrogen (secondary N) is 1. The van der Waals surface area contributed by atoms with E-state index >= 15 is 0 Å². The van der Waals surface area contributed by atoms with Crippen molar-refractivity contribution >= 4 is 0 Å². The normalized spacial score (nSPS) is 11.3. The van der Waals surface area contributed by atoms with E-state index in [0.29, 0.717) is 24.9 Å². The fourth-order valence-electron chi connectivity index (χ4n) is 4.17. The Morgan fingerprint density at radius 3 is 2.56 bits per heavy atom. The zero-order valence-electron chi connectivity index (χ0n) is 20.2. The van der Waals surface area contributed by atoms with Gasteiger partial charge in [0.15, 0.2) is 5.82 Å². The third-order valence-electron chi connectivity index (χ3n) is 6.00. The second kappa shape index (κ2) is 10.4. The van der Waals surface area contributed by atoms with Gasteiger partial charge in [0.1, 0.15) is 0 Å². The minimum atomic E-state index is -0.181. The number of aromatic amines is 1. The fourth-order valence-corrected chi connectivity index (χ4v) is 4.17. The highest BCUT2D eigenvalue weighted by Gasteiger charge is 2.18. The van der Waals surface area contributed by atoms with Gasteiger partial charge in [0.2, 0.25) is 0 Å². The van der Waals surface area contributed by atoms with E-state index in [0.717, 1.165) is 53.8 Å². The number of H-pyrrole nitrogens is 1. The van der Waals surface area contributed by atoms with Gasteiger partial charge >= 0.3 is 5.69 Å². The average molecular weight is 486 g/mol. The summed E-state index contributed by atoms with van der Waals surface area (Å²) in [6, 6.07) is 11.8. The van der Waals surface area contributed by atoms with Crippen molar-refractivity contribution in [2.45, 2.75) is 52.6 Å². The molecule has 0 radical (unpaired) electrons. The predicted molar refractivity (Wildman–Crippen MR) is 132 cm³/mol. The van der Waals surface area contributed by atoms with Crippen molar-refractivity contribution in [1.82, 2.24) is 54.9 Å². The van der Waals surface area contributed by atoms with Gasteiger partial charge in [0.05, 0.1) is 12.2 Å². The summed E-state index contributed by atoms with van der Waals surface area (Å²) in [5, 5.41) is 26.2. The summed E-state index contributed by atoms with van der Waals surface area (Å²) >= 11 is 0. The van der Waals surface area contributed by atoms with E-state index in [2.05, 4.69) is 55.0 Å². The number of pyridine rings is 1. The Kier molecular flexibility index (Phi) is 6.74. The van der Waals surface area contributed by atoms with Gasteiger partial charge in [-0.15, -0.1) is 5.10 Å². The van der Waals surface area contributed by atoms with E-state index in [9.17, 15) is 4.79 Å². The van der Waals surface area contributed by atoms with Crippen LogP contribution < -0.4 is 5.69 Å². The van der Waals surface area contributed by atoms with Crippen LogP contribution in [0.5, 0.6) is 0 Å². The van der Waals surface area contributed by atoms with Crippen LogP contribution in [-0.4, -0.2) is 54.9 Å². The molecule has 0 saturated heterocycles. The molecule has 1 aromatic carbocycles. The monoisotopic (exact) mass is 485 g/mol. The standard InChI is InChI=1S/C24H27N11O/c1-3-5-13-35-23(28-31-32-35)34-16-19(8-4-2)33(24(34)36)15-18-12-11-17(14-25-18)20-9-6-7-10-21(20)22-26-29-30-27-22/h6-7,9-12,14,16H,3-5,8,13,15H2,1-2H3,(H,26,27,29,30). The topological polar surface area (TPSA) is 138 Å². The number of rotatable bonds is 10. The Labute approximate surface area is 207 Å². The third kappa shape index (κ3) is 4.57. The zero-order chi connectivity index (χ0) is 24.9. The van der Waals surface area contributed by atoms with Crippen LogP contribution in [0.1, 0.15) is 44.5 Å². The van der Waals surface area contributed by atoms with Crippen LogP contribution in [0, 0.1) is 0 Å². The molecule has 4 aromatic heterocycles. The molecular weight excluding hydrogens is 458 g/mol. The molecule has 0 spiro atoms. The Bertz CT molecular complexity index is 1480. The number of imidazole rings is 1. The lowest BCUT2D eigenvalue weighted by atomic mass is 10.0. The van der Waals surface area contributed by atoms with Crippen LogP contribution in [0.2, 0.25) is 0 Å². The summed E-state index contributed by atoms with van der Waals surface area (Å²) in [6.45, 7) is 5.21. The number of unbranched alkanes of at least 4 members (excludes halogenated alkanes) is 1. The van der Waals surface area contributed by atoms with E-state index in [4.69, 9.17) is 0 Å². The predicted octanol–water partition coefficient (Wildman–Crippen LogP) is 2.67. The van der Waals surface area contributed by atoms with E-state index in [-0.39, 0.29) is 5.69 Å². The molecule has 5 rings (SSSR count). The van der Waals surface area contributed by atoms with Gasteiger partial charge in [0.25, 0.3) is 5.95 Å². The first-order valence-corrected chi connectivity index (χ1v) is 12.1. The lowest BCUT2D eigenvalue weighted by molar-refractivity contribution is 0.540. The molecule has 12 heteroatoms. The molecule has 184 valence electrons. The second-order valence-electron chi connectivity index (χ2n) is 8.50. The lowest BCUT2D eigenvalue weighted by Crippen LogP contribution is -2.27. The Morgan fingerprint density at radius 2 is 1.83 bits per heavy atom. The molecule has 36 heavy (non-hydrogen) atoms. The van der Waals surface area contributed by atoms with E-state index in [1.54, 1.807) is 9.25 Å². The third-order valence-corrected chi connectivity index (χ3v) is 6.00. The largest absolute Gasteiger partial charge is 0.335 e. The lowest BCUT2D eigenvalue weighted by Gasteiger charge is -2.09. The van der Waals surface area contributed by atoms with Gasteiger partial charge in [-0.05, 0) is 45.3 Å². The first-order chi connectivity index (χ1) is 17.7. The SMILES string of the molecule is CCCCn1nnnc1-n1cc(CCC)n(Cc2ccc(-c3ccccc3-c3nnn[nH]3)cn2)c1=O. The van der Waals surface area contributed by atoms with Crippen LogP contribution in [0.25, 0.3) is 28.5 Å². The minimum Gasteiger partial charge on any atom is -0.290 e. The van der Waals surface area contributed by atoms with E-state index < -0.39 is 0 Å². The maximum absolute atomic E-state index is 13.4. The summed E-state index contributed by atoms with van der Waals surface area (Å²) in [7, 11) is 0. The van der Waals surface area contributed by atoms with Crippen molar-refractivity contribution < 1.29 is 0 Å². The van der Waals surface area contributed by atoms with E-state index in [1.807, 2.05) is 48.8 Å². The molecule has 0 saturated carbocycles. The van der Waals surface area contributed by atoms with Crippen molar-refractivity contribution in [3.63, 3.8) is 0 Å². The Balaban J connectivity index is 1.45. The first kappa shape index (κ1) is 23.3. The highest BCUT2D eigenvalue weighted by molar-refractivity contribution is 5.79. The van der Waals surface area contributed by atoms with Crippen LogP contribution in [0.3, 0.4) is 0 Å². The second-order valence-corrected chi connectivity index (χ2v) is 8.50. The van der Waals surface area contributed by atoms with E-state index in [1.165, 1.54) is 4.57 Å². The van der Waals surface area contributed by atoms with Crippen LogP contribution >= 0.6 is 0 Å². The van der Waals surface area contributed by atoms with Crippen LogP contribution in [0.4, 0.5) is 0 Å². The number of hydrogen-bond donors (Lipinski definition) is 1. The van der Waals surface area contributed by atoms with Gasteiger partial charge in [-0.1, -0.05) is 62.1 Å². The average Bonchev–Trinajstić information content (AvgIpc) is 3.66. The van der Waals surface area contributed by atoms with Gasteiger partial charge in [0, 0.05) is 35.8 Å². The summed E-state index contributed by atoms with van der Waals surface area (Å²) in [5.41, 5.74) is 4.29. The molecule has 5 aromatic rings. The molecule has 0 atom stereocenters. The minimum absolute atomic E-state index is 0.181. The summed E-state index contributed by atoms with van der Waals surface area (Å²) in [4.78, 5) is 18.1. The fraction of sp³-hybridized carbons (Fsp3) is 0.333. The Morgan fingerprint density at radius 1 is 0.972 bits per heavy atom. The molecular formula is C24H27N11O. The molecule has 1 N–H and O–H groups in total. The molecule has 0 fully saturated rings. The van der Waals surface area contributed by atoms with Crippen molar-refractivity contribution in [2.75, 3.05) is 0 Å². The molecule has 0 bridgehead atoms. The Hall–Kier alpha value is -4.48. The highest BCUT2D eigenvalue weighted by atomic mass is 16.2. The molecule has 0 aliphatic carbocycles. The summed E-state index contributed by atoms with van der Waals surface area (Å²) in [5.74, 6) is 1.03. The number of benzene rings is 1. The smallest absolute Gasteiger partial charge is 0.290 e. The number of hydrogen-bond acceptors (Lipinski definition) is 8. The van der Waals surface area contributed by atoms with Gasteiger partial charge in [-0.3, -0.25) is 9.55 Å². The molecule has 0 aliphatic heterocycles. The quantitative estimate of drug-likeness (QED) is 0.319. The molecule has 0 amide bonds. The molecule has 4 heterocycles. The molecule has 0 unspecified atom stereocenters. The highest BCUT2D eigenvalue weighted by Crippen LogP contribution is 2.29. The summed E-state index contributed by atoms with van der Waals surface area (Å²) in [6.07, 6.45) is 7.26. The maximum atomic E-state index is 13.4. The number of aryl methyl sites for hydroxylation is 2. The first-order valence-electron chi connectivity index (χ1n) is 12.1. The van der Waals surface area contributed by atoms with Crippen molar-refractivity contribution in [2.24, 2.45) is 0 Å². The van der Waals surface area contributed by atoms with Crippen molar-refractivity contribution in [1.29, 1.82) is 0 Å².